The van der Waals surface area contributed by atoms with Crippen LogP contribution >= 0.6 is 0 Å². The van der Waals surface area contributed by atoms with Gasteiger partial charge in [0.25, 0.3) is 0 Å². The zero-order valence-electron chi connectivity index (χ0n) is 11.5. The fourth-order valence-corrected chi connectivity index (χ4v) is 3.89. The van der Waals surface area contributed by atoms with Gasteiger partial charge in [-0.2, -0.15) is 0 Å². The number of rotatable bonds is 3. The first-order chi connectivity index (χ1) is 9.24. The number of nitrogens with zero attached hydrogens (tertiary/aromatic N) is 1. The van der Waals surface area contributed by atoms with E-state index < -0.39 is 0 Å². The maximum absolute atomic E-state index is 12.2. The number of fused-ring (bicyclic) bond motifs is 1. The predicted molar refractivity (Wildman–Crippen MR) is 73.5 cm³/mol. The van der Waals surface area contributed by atoms with Gasteiger partial charge in [-0.3, -0.25) is 9.69 Å². The minimum atomic E-state index is -0.219. The predicted octanol–water partition coefficient (Wildman–Crippen LogP) is 2.46. The summed E-state index contributed by atoms with van der Waals surface area (Å²) >= 11 is 0. The fraction of sp³-hybridized carbons (Fsp3) is 0.562. The highest BCUT2D eigenvalue weighted by atomic mass is 16.5. The number of hydrogen-bond acceptors (Lipinski definition) is 3. The molecule has 1 saturated heterocycles. The van der Waals surface area contributed by atoms with Crippen molar-refractivity contribution in [3.05, 3.63) is 35.9 Å². The largest absolute Gasteiger partial charge is 0.469 e. The first-order valence-corrected chi connectivity index (χ1v) is 7.09. The second-order valence-electron chi connectivity index (χ2n) is 5.89. The Labute approximate surface area is 114 Å². The molecule has 2 atom stereocenters. The molecule has 1 aromatic rings. The van der Waals surface area contributed by atoms with Crippen molar-refractivity contribution in [3.63, 3.8) is 0 Å². The molecule has 1 saturated carbocycles. The summed E-state index contributed by atoms with van der Waals surface area (Å²) < 4.78 is 5.07. The van der Waals surface area contributed by atoms with Crippen molar-refractivity contribution in [1.29, 1.82) is 0 Å². The average Bonchev–Trinajstić information content (AvgIpc) is 2.96. The molecular formula is C16H21NO2. The highest BCUT2D eigenvalue weighted by Gasteiger charge is 2.55. The van der Waals surface area contributed by atoms with E-state index in [4.69, 9.17) is 4.74 Å². The molecule has 1 aliphatic heterocycles. The van der Waals surface area contributed by atoms with E-state index in [1.807, 2.05) is 6.07 Å². The summed E-state index contributed by atoms with van der Waals surface area (Å²) in [5.74, 6) is 0.495. The number of benzene rings is 1. The van der Waals surface area contributed by atoms with Gasteiger partial charge < -0.3 is 4.74 Å². The van der Waals surface area contributed by atoms with Gasteiger partial charge in [0.05, 0.1) is 12.5 Å². The van der Waals surface area contributed by atoms with Gasteiger partial charge in [-0.15, -0.1) is 0 Å². The Morgan fingerprint density at radius 1 is 1.42 bits per heavy atom. The van der Waals surface area contributed by atoms with E-state index in [2.05, 4.69) is 29.2 Å². The van der Waals surface area contributed by atoms with Gasteiger partial charge in [0.1, 0.15) is 0 Å². The summed E-state index contributed by atoms with van der Waals surface area (Å²) in [5, 5.41) is 0. The maximum Gasteiger partial charge on any atom is 0.313 e. The molecule has 0 N–H and O–H groups in total. The highest BCUT2D eigenvalue weighted by molar-refractivity contribution is 5.78. The van der Waals surface area contributed by atoms with Gasteiger partial charge in [-0.25, -0.2) is 0 Å². The highest BCUT2D eigenvalue weighted by Crippen LogP contribution is 2.49. The monoisotopic (exact) mass is 259 g/mol. The first-order valence-electron chi connectivity index (χ1n) is 7.09. The average molecular weight is 259 g/mol. The number of hydrogen-bond donors (Lipinski definition) is 0. The Kier molecular flexibility index (Phi) is 3.31. The topological polar surface area (TPSA) is 29.5 Å². The van der Waals surface area contributed by atoms with Crippen molar-refractivity contribution in [3.8, 4) is 0 Å². The van der Waals surface area contributed by atoms with Crippen LogP contribution in [0.4, 0.5) is 0 Å². The lowest BCUT2D eigenvalue weighted by Crippen LogP contribution is -2.36. The molecule has 19 heavy (non-hydrogen) atoms. The quantitative estimate of drug-likeness (QED) is 0.781. The van der Waals surface area contributed by atoms with Crippen LogP contribution in [0.3, 0.4) is 0 Å². The third-order valence-corrected chi connectivity index (χ3v) is 4.78. The van der Waals surface area contributed by atoms with Crippen LogP contribution in [0.5, 0.6) is 0 Å². The molecule has 3 heteroatoms. The van der Waals surface area contributed by atoms with E-state index in [1.54, 1.807) is 0 Å². The number of carbonyl (C=O) groups is 1. The van der Waals surface area contributed by atoms with E-state index in [0.29, 0.717) is 5.92 Å². The standard InChI is InChI=1S/C16H21NO2/c1-19-15(18)16-9-5-8-14(16)11-17(12-16)10-13-6-3-2-4-7-13/h2-4,6-7,14H,5,8-12H2,1H3/t14-,16+/m1/s1. The van der Waals surface area contributed by atoms with Gasteiger partial charge in [-0.05, 0) is 24.3 Å². The van der Waals surface area contributed by atoms with Gasteiger partial charge in [0, 0.05) is 19.6 Å². The lowest BCUT2D eigenvalue weighted by atomic mass is 9.81. The number of ether oxygens (including phenoxy) is 1. The van der Waals surface area contributed by atoms with Crippen LogP contribution in [0.2, 0.25) is 0 Å². The molecule has 2 aliphatic rings. The van der Waals surface area contributed by atoms with Crippen molar-refractivity contribution >= 4 is 5.97 Å². The van der Waals surface area contributed by atoms with Crippen LogP contribution in [0.25, 0.3) is 0 Å². The molecule has 1 heterocycles. The minimum absolute atomic E-state index is 0.00515. The van der Waals surface area contributed by atoms with Crippen LogP contribution < -0.4 is 0 Å². The maximum atomic E-state index is 12.2. The van der Waals surface area contributed by atoms with Crippen LogP contribution in [0.15, 0.2) is 30.3 Å². The number of carbonyl (C=O) groups excluding carboxylic acids is 1. The fourth-order valence-electron chi connectivity index (χ4n) is 3.89. The lowest BCUT2D eigenvalue weighted by molar-refractivity contribution is -0.153. The zero-order chi connectivity index (χ0) is 13.3. The zero-order valence-corrected chi connectivity index (χ0v) is 11.5. The van der Waals surface area contributed by atoms with Crippen molar-refractivity contribution in [1.82, 2.24) is 4.90 Å². The molecule has 0 bridgehead atoms. The van der Waals surface area contributed by atoms with Crippen LogP contribution in [0, 0.1) is 11.3 Å². The third-order valence-electron chi connectivity index (χ3n) is 4.78. The summed E-state index contributed by atoms with van der Waals surface area (Å²) in [6.07, 6.45) is 3.33. The molecule has 1 aliphatic carbocycles. The van der Waals surface area contributed by atoms with Crippen LogP contribution in [-0.4, -0.2) is 31.1 Å². The van der Waals surface area contributed by atoms with E-state index in [9.17, 15) is 4.79 Å². The summed E-state index contributed by atoms with van der Waals surface area (Å²) in [6.45, 7) is 2.83. The van der Waals surface area contributed by atoms with E-state index in [1.165, 1.54) is 25.5 Å². The third kappa shape index (κ3) is 2.16. The van der Waals surface area contributed by atoms with Crippen molar-refractivity contribution < 1.29 is 9.53 Å². The van der Waals surface area contributed by atoms with Gasteiger partial charge in [-0.1, -0.05) is 36.8 Å². The molecule has 102 valence electrons. The molecular weight excluding hydrogens is 238 g/mol. The first kappa shape index (κ1) is 12.7. The molecule has 1 aromatic carbocycles. The molecule has 3 nitrogen and oxygen atoms in total. The van der Waals surface area contributed by atoms with Crippen molar-refractivity contribution in [2.75, 3.05) is 20.2 Å². The van der Waals surface area contributed by atoms with Gasteiger partial charge >= 0.3 is 5.97 Å². The van der Waals surface area contributed by atoms with E-state index in [-0.39, 0.29) is 11.4 Å². The molecule has 0 spiro atoms. The molecule has 2 fully saturated rings. The SMILES string of the molecule is COC(=O)[C@]12CCC[C@@H]1CN(Cc1ccccc1)C2. The van der Waals surface area contributed by atoms with E-state index >= 15 is 0 Å². The Morgan fingerprint density at radius 2 is 2.21 bits per heavy atom. The van der Waals surface area contributed by atoms with Gasteiger partial charge in [0.15, 0.2) is 0 Å². The molecule has 0 amide bonds. The molecule has 0 radical (unpaired) electrons. The molecule has 0 unspecified atom stereocenters. The number of methoxy groups -OCH3 is 1. The van der Waals surface area contributed by atoms with Crippen LogP contribution in [-0.2, 0) is 16.1 Å². The summed E-state index contributed by atoms with van der Waals surface area (Å²) in [6, 6.07) is 10.5. The summed E-state index contributed by atoms with van der Waals surface area (Å²) in [5.41, 5.74) is 1.10. The Balaban J connectivity index is 1.73. The Hall–Kier alpha value is -1.35. The van der Waals surface area contributed by atoms with Crippen LogP contribution in [0.1, 0.15) is 24.8 Å². The second kappa shape index (κ2) is 4.97. The molecule has 3 rings (SSSR count). The van der Waals surface area contributed by atoms with Crippen molar-refractivity contribution in [2.45, 2.75) is 25.8 Å². The minimum Gasteiger partial charge on any atom is -0.469 e. The number of likely N-dealkylation sites (tertiary alicyclic amines) is 1. The van der Waals surface area contributed by atoms with E-state index in [0.717, 1.165) is 26.1 Å². The number of esters is 1. The lowest BCUT2D eigenvalue weighted by Gasteiger charge is -2.25. The Morgan fingerprint density at radius 3 is 2.95 bits per heavy atom. The molecule has 0 aromatic heterocycles. The summed E-state index contributed by atoms with van der Waals surface area (Å²) in [4.78, 5) is 14.6. The Bertz CT molecular complexity index is 459. The normalized spacial score (nSPS) is 30.3. The van der Waals surface area contributed by atoms with Crippen molar-refractivity contribution in [2.24, 2.45) is 11.3 Å². The summed E-state index contributed by atoms with van der Waals surface area (Å²) in [7, 11) is 1.52. The smallest absolute Gasteiger partial charge is 0.313 e. The second-order valence-corrected chi connectivity index (χ2v) is 5.89. The van der Waals surface area contributed by atoms with Gasteiger partial charge in [0.2, 0.25) is 0 Å².